The number of carbonyl (C=O) groups is 1. The fourth-order valence-electron chi connectivity index (χ4n) is 2.17. The maximum atomic E-state index is 12.8. The lowest BCUT2D eigenvalue weighted by molar-refractivity contribution is -0.117. The number of benzene rings is 1. The Balaban J connectivity index is 2.18. The van der Waals surface area contributed by atoms with E-state index in [-0.39, 0.29) is 17.5 Å². The third-order valence-corrected chi connectivity index (χ3v) is 3.87. The van der Waals surface area contributed by atoms with Crippen molar-refractivity contribution in [2.45, 2.75) is 33.7 Å². The molecule has 0 bridgehead atoms. The Morgan fingerprint density at radius 1 is 1.32 bits per heavy atom. The summed E-state index contributed by atoms with van der Waals surface area (Å²) < 4.78 is 26.7. The van der Waals surface area contributed by atoms with Gasteiger partial charge in [-0.3, -0.25) is 9.48 Å². The van der Waals surface area contributed by atoms with Crippen LogP contribution in [0.15, 0.2) is 18.2 Å². The Morgan fingerprint density at radius 2 is 1.91 bits per heavy atom. The summed E-state index contributed by atoms with van der Waals surface area (Å²) in [4.78, 5) is 12.1. The summed E-state index contributed by atoms with van der Waals surface area (Å²) in [5.74, 6) is -0.347. The first-order chi connectivity index (χ1) is 10.3. The first-order valence-corrected chi connectivity index (χ1v) is 7.06. The molecular formula is C15H16ClF2N3O. The number of hydrogen-bond donors (Lipinski definition) is 1. The fourth-order valence-corrected chi connectivity index (χ4v) is 2.39. The molecule has 0 aliphatic rings. The number of aryl methyl sites for hydroxylation is 2. The topological polar surface area (TPSA) is 46.9 Å². The van der Waals surface area contributed by atoms with E-state index < -0.39 is 12.1 Å². The third kappa shape index (κ3) is 3.27. The summed E-state index contributed by atoms with van der Waals surface area (Å²) in [7, 11) is 0. The second kappa shape index (κ2) is 6.44. The van der Waals surface area contributed by atoms with Crippen molar-refractivity contribution in [2.24, 2.45) is 0 Å². The largest absolute Gasteiger partial charge is 0.324 e. The number of nitrogens with zero attached hydrogens (tertiary/aromatic N) is 2. The Morgan fingerprint density at radius 3 is 2.41 bits per heavy atom. The number of anilines is 1. The number of rotatable bonds is 4. The lowest BCUT2D eigenvalue weighted by Crippen LogP contribution is -2.21. The van der Waals surface area contributed by atoms with Crippen LogP contribution in [0.2, 0.25) is 5.02 Å². The van der Waals surface area contributed by atoms with Crippen LogP contribution in [0.25, 0.3) is 0 Å². The van der Waals surface area contributed by atoms with E-state index in [0.29, 0.717) is 5.69 Å². The van der Waals surface area contributed by atoms with Crippen LogP contribution in [0.5, 0.6) is 0 Å². The van der Waals surface area contributed by atoms with Gasteiger partial charge in [-0.05, 0) is 31.9 Å². The van der Waals surface area contributed by atoms with Crippen molar-refractivity contribution in [1.29, 1.82) is 0 Å². The van der Waals surface area contributed by atoms with E-state index in [4.69, 9.17) is 11.6 Å². The molecule has 0 saturated carbocycles. The van der Waals surface area contributed by atoms with Gasteiger partial charge in [0.1, 0.15) is 12.2 Å². The van der Waals surface area contributed by atoms with Crippen LogP contribution in [0.4, 0.5) is 14.5 Å². The summed E-state index contributed by atoms with van der Waals surface area (Å²) in [6.45, 7) is 5.14. The van der Waals surface area contributed by atoms with Crippen LogP contribution in [-0.4, -0.2) is 15.7 Å². The van der Waals surface area contributed by atoms with Crippen molar-refractivity contribution >= 4 is 23.2 Å². The lowest BCUT2D eigenvalue weighted by atomic mass is 10.1. The molecule has 0 spiro atoms. The van der Waals surface area contributed by atoms with Gasteiger partial charge in [0.2, 0.25) is 5.91 Å². The van der Waals surface area contributed by atoms with Gasteiger partial charge in [-0.1, -0.05) is 29.8 Å². The Labute approximate surface area is 132 Å². The number of nitrogens with one attached hydrogen (secondary N) is 1. The van der Waals surface area contributed by atoms with E-state index in [2.05, 4.69) is 10.4 Å². The Bertz CT molecular complexity index is 693. The van der Waals surface area contributed by atoms with E-state index in [1.54, 1.807) is 6.92 Å². The molecule has 1 aromatic heterocycles. The maximum absolute atomic E-state index is 12.8. The average Bonchev–Trinajstić information content (AvgIpc) is 2.71. The number of alkyl halides is 2. The van der Waals surface area contributed by atoms with E-state index in [0.717, 1.165) is 16.8 Å². The second-order valence-electron chi connectivity index (χ2n) is 5.06. The molecule has 0 aliphatic heterocycles. The van der Waals surface area contributed by atoms with E-state index in [1.165, 1.54) is 4.68 Å². The zero-order valence-corrected chi connectivity index (χ0v) is 13.2. The van der Waals surface area contributed by atoms with Crippen molar-refractivity contribution in [1.82, 2.24) is 9.78 Å². The summed E-state index contributed by atoms with van der Waals surface area (Å²) in [6.07, 6.45) is -2.77. The predicted molar refractivity (Wildman–Crippen MR) is 81.5 cm³/mol. The number of aromatic nitrogens is 2. The zero-order valence-electron chi connectivity index (χ0n) is 12.5. The van der Waals surface area contributed by atoms with E-state index >= 15 is 0 Å². The molecule has 0 fully saturated rings. The summed E-state index contributed by atoms with van der Waals surface area (Å²) >= 11 is 5.81. The highest BCUT2D eigenvalue weighted by Crippen LogP contribution is 2.28. The number of carbonyl (C=O) groups excluding carboxylic acids is 1. The molecular weight excluding hydrogens is 312 g/mol. The zero-order chi connectivity index (χ0) is 16.4. The summed E-state index contributed by atoms with van der Waals surface area (Å²) in [5, 5.41) is 6.39. The molecule has 7 heteroatoms. The minimum Gasteiger partial charge on any atom is -0.324 e. The smallest absolute Gasteiger partial charge is 0.283 e. The van der Waals surface area contributed by atoms with Gasteiger partial charge in [-0.25, -0.2) is 8.78 Å². The molecule has 118 valence electrons. The minimum absolute atomic E-state index is 0.102. The highest BCUT2D eigenvalue weighted by Gasteiger charge is 2.21. The maximum Gasteiger partial charge on any atom is 0.283 e. The van der Waals surface area contributed by atoms with Crippen LogP contribution in [0.3, 0.4) is 0 Å². The number of halogens is 3. The average molecular weight is 328 g/mol. The number of amides is 1. The van der Waals surface area contributed by atoms with Gasteiger partial charge >= 0.3 is 0 Å². The molecule has 1 aromatic carbocycles. The van der Waals surface area contributed by atoms with E-state index in [1.807, 2.05) is 32.0 Å². The van der Waals surface area contributed by atoms with Gasteiger partial charge in [-0.15, -0.1) is 0 Å². The molecule has 1 heterocycles. The van der Waals surface area contributed by atoms with Crippen LogP contribution in [-0.2, 0) is 11.3 Å². The molecule has 2 rings (SSSR count). The molecule has 1 amide bonds. The minimum atomic E-state index is -2.77. The number of hydrogen-bond acceptors (Lipinski definition) is 2. The van der Waals surface area contributed by atoms with Crippen LogP contribution in [0.1, 0.15) is 28.9 Å². The van der Waals surface area contributed by atoms with Gasteiger partial charge in [0.05, 0.1) is 10.7 Å². The molecule has 0 unspecified atom stereocenters. The van der Waals surface area contributed by atoms with Crippen LogP contribution >= 0.6 is 11.6 Å². The fraction of sp³-hybridized carbons (Fsp3) is 0.333. The van der Waals surface area contributed by atoms with Gasteiger partial charge in [0.25, 0.3) is 6.43 Å². The molecule has 2 aromatic rings. The SMILES string of the molecule is Cc1cccc(C)c1NC(=O)Cn1nc(C(F)F)c(Cl)c1C. The van der Waals surface area contributed by atoms with Crippen molar-refractivity contribution in [3.8, 4) is 0 Å². The monoisotopic (exact) mass is 327 g/mol. The van der Waals surface area contributed by atoms with Gasteiger partial charge in [0.15, 0.2) is 0 Å². The molecule has 0 radical (unpaired) electrons. The summed E-state index contributed by atoms with van der Waals surface area (Å²) in [5.41, 5.74) is 2.42. The van der Waals surface area contributed by atoms with Crippen LogP contribution < -0.4 is 5.32 Å². The van der Waals surface area contributed by atoms with Crippen molar-refractivity contribution in [3.05, 3.63) is 45.7 Å². The van der Waals surface area contributed by atoms with Crippen LogP contribution in [0, 0.1) is 20.8 Å². The first-order valence-electron chi connectivity index (χ1n) is 6.68. The van der Waals surface area contributed by atoms with Gasteiger partial charge in [0, 0.05) is 5.69 Å². The third-order valence-electron chi connectivity index (χ3n) is 3.40. The van der Waals surface area contributed by atoms with E-state index in [9.17, 15) is 13.6 Å². The molecule has 0 saturated heterocycles. The van der Waals surface area contributed by atoms with Gasteiger partial charge < -0.3 is 5.32 Å². The second-order valence-corrected chi connectivity index (χ2v) is 5.44. The quantitative estimate of drug-likeness (QED) is 0.921. The first kappa shape index (κ1) is 16.4. The van der Waals surface area contributed by atoms with Crippen molar-refractivity contribution in [2.75, 3.05) is 5.32 Å². The number of para-hydroxylation sites is 1. The molecule has 4 nitrogen and oxygen atoms in total. The molecule has 22 heavy (non-hydrogen) atoms. The molecule has 0 atom stereocenters. The Hall–Kier alpha value is -1.95. The molecule has 0 aliphatic carbocycles. The predicted octanol–water partition coefficient (Wildman–Crippen LogP) is 4.04. The summed E-state index contributed by atoms with van der Waals surface area (Å²) in [6, 6.07) is 5.66. The molecule has 1 N–H and O–H groups in total. The van der Waals surface area contributed by atoms with Crippen molar-refractivity contribution < 1.29 is 13.6 Å². The highest BCUT2D eigenvalue weighted by molar-refractivity contribution is 6.31. The van der Waals surface area contributed by atoms with Crippen molar-refractivity contribution in [3.63, 3.8) is 0 Å². The Kier molecular flexibility index (Phi) is 4.81. The highest BCUT2D eigenvalue weighted by atomic mass is 35.5. The van der Waals surface area contributed by atoms with Gasteiger partial charge in [-0.2, -0.15) is 5.10 Å². The standard InChI is InChI=1S/C15H16ClF2N3O/c1-8-5-4-6-9(2)13(8)19-11(22)7-21-10(3)12(16)14(20-21)15(17)18/h4-6,15H,7H2,1-3H3,(H,19,22). The lowest BCUT2D eigenvalue weighted by Gasteiger charge is -2.12. The normalized spacial score (nSPS) is 11.0.